The maximum Gasteiger partial charge on any atom is 0.301 e. The van der Waals surface area contributed by atoms with E-state index in [1.807, 2.05) is 0 Å². The van der Waals surface area contributed by atoms with Crippen LogP contribution in [0.15, 0.2) is 11.9 Å². The van der Waals surface area contributed by atoms with Gasteiger partial charge >= 0.3 is 6.08 Å². The molecule has 0 saturated carbocycles. The molecule has 78 valence electrons. The molecule has 0 rings (SSSR count). The monoisotopic (exact) mass is 217 g/mol. The van der Waals surface area contributed by atoms with Gasteiger partial charge in [-0.2, -0.15) is 8.78 Å². The van der Waals surface area contributed by atoms with Gasteiger partial charge in [0, 0.05) is 13.0 Å². The smallest absolute Gasteiger partial charge is 0.301 e. The van der Waals surface area contributed by atoms with Crippen molar-refractivity contribution >= 4 is 9.84 Å². The third-order valence-corrected chi connectivity index (χ3v) is 2.95. The third-order valence-electron chi connectivity index (χ3n) is 1.27. The Morgan fingerprint density at radius 1 is 1.15 bits per heavy atom. The number of hydrogen-bond acceptors (Lipinski definition) is 3. The first-order chi connectivity index (χ1) is 5.89. The predicted octanol–water partition coefficient (Wildman–Crippen LogP) is 0.828. The van der Waals surface area contributed by atoms with Crippen LogP contribution in [0.3, 0.4) is 0 Å². The highest BCUT2D eigenvalue weighted by Crippen LogP contribution is 2.13. The van der Waals surface area contributed by atoms with Crippen LogP contribution in [0.1, 0.15) is 6.42 Å². The zero-order valence-electron chi connectivity index (χ0n) is 6.76. The van der Waals surface area contributed by atoms with E-state index in [2.05, 4.69) is 0 Å². The maximum absolute atomic E-state index is 12.1. The van der Waals surface area contributed by atoms with Gasteiger partial charge in [0.05, 0.1) is 11.5 Å². The first kappa shape index (κ1) is 12.4. The highest BCUT2D eigenvalue weighted by molar-refractivity contribution is 7.91. The topological polar surface area (TPSA) is 60.2 Å². The van der Waals surface area contributed by atoms with Gasteiger partial charge in [0.15, 0.2) is 15.7 Å². The van der Waals surface area contributed by atoms with E-state index in [9.17, 15) is 21.6 Å². The van der Waals surface area contributed by atoms with E-state index < -0.39 is 33.9 Å². The summed E-state index contributed by atoms with van der Waals surface area (Å²) >= 11 is 0. The molecule has 0 aliphatic heterocycles. The minimum Gasteiger partial charge on any atom is -0.329 e. The molecule has 0 heterocycles. The largest absolute Gasteiger partial charge is 0.329 e. The van der Waals surface area contributed by atoms with Crippen LogP contribution >= 0.6 is 0 Å². The van der Waals surface area contributed by atoms with Crippen LogP contribution in [0.4, 0.5) is 13.2 Å². The molecule has 13 heavy (non-hydrogen) atoms. The van der Waals surface area contributed by atoms with Crippen LogP contribution in [0, 0.1) is 0 Å². The highest BCUT2D eigenvalue weighted by atomic mass is 32.2. The van der Waals surface area contributed by atoms with E-state index in [-0.39, 0.29) is 12.3 Å². The molecule has 0 spiro atoms. The zero-order chi connectivity index (χ0) is 10.5. The van der Waals surface area contributed by atoms with Crippen LogP contribution in [-0.2, 0) is 9.84 Å². The Balaban J connectivity index is 4.11. The molecule has 0 aromatic carbocycles. The SMILES string of the molecule is NCCS(=O)(=O)CCC(F)=C(F)F. The van der Waals surface area contributed by atoms with Gasteiger partial charge < -0.3 is 5.73 Å². The molecule has 0 aliphatic rings. The minimum absolute atomic E-state index is 0.0915. The fourth-order valence-corrected chi connectivity index (χ4v) is 1.67. The number of hydrogen-bond donors (Lipinski definition) is 1. The average Bonchev–Trinajstić information content (AvgIpc) is 2.00. The number of sulfone groups is 1. The molecule has 0 aromatic rings. The zero-order valence-corrected chi connectivity index (χ0v) is 7.58. The van der Waals surface area contributed by atoms with Gasteiger partial charge in [-0.25, -0.2) is 12.8 Å². The van der Waals surface area contributed by atoms with Gasteiger partial charge in [-0.05, 0) is 0 Å². The summed E-state index contributed by atoms with van der Waals surface area (Å²) in [6.45, 7) is -0.0915. The number of nitrogens with two attached hydrogens (primary N) is 1. The fourth-order valence-electron chi connectivity index (χ4n) is 0.621. The lowest BCUT2D eigenvalue weighted by atomic mass is 10.4. The molecule has 0 aliphatic carbocycles. The Kier molecular flexibility index (Phi) is 5.01. The quantitative estimate of drug-likeness (QED) is 0.741. The van der Waals surface area contributed by atoms with Crippen LogP contribution in [-0.4, -0.2) is 26.5 Å². The predicted molar refractivity (Wildman–Crippen MR) is 42.7 cm³/mol. The number of allylic oxidation sites excluding steroid dienone is 1. The van der Waals surface area contributed by atoms with Crippen LogP contribution in [0.2, 0.25) is 0 Å². The minimum atomic E-state index is -3.49. The molecular weight excluding hydrogens is 207 g/mol. The number of halogens is 3. The molecule has 0 amide bonds. The molecule has 0 radical (unpaired) electrons. The summed E-state index contributed by atoms with van der Waals surface area (Å²) in [5.74, 6) is -2.62. The van der Waals surface area contributed by atoms with Crippen molar-refractivity contribution in [2.45, 2.75) is 6.42 Å². The Labute approximate surface area is 74.3 Å². The molecule has 0 unspecified atom stereocenters. The van der Waals surface area contributed by atoms with Gasteiger partial charge in [0.1, 0.15) is 0 Å². The molecule has 0 atom stereocenters. The third kappa shape index (κ3) is 5.64. The van der Waals surface area contributed by atoms with Gasteiger partial charge in [-0.1, -0.05) is 0 Å². The summed E-state index contributed by atoms with van der Waals surface area (Å²) in [5, 5.41) is 0. The molecule has 2 N–H and O–H groups in total. The first-order valence-electron chi connectivity index (χ1n) is 3.49. The lowest BCUT2D eigenvalue weighted by Crippen LogP contribution is -2.18. The van der Waals surface area contributed by atoms with Crippen molar-refractivity contribution in [3.8, 4) is 0 Å². The summed E-state index contributed by atoms with van der Waals surface area (Å²) in [4.78, 5) is 0. The van der Waals surface area contributed by atoms with Crippen molar-refractivity contribution in [1.82, 2.24) is 0 Å². The molecule has 0 bridgehead atoms. The normalized spacial score (nSPS) is 11.4. The lowest BCUT2D eigenvalue weighted by molar-refractivity contribution is 0.373. The van der Waals surface area contributed by atoms with Gasteiger partial charge in [0.25, 0.3) is 0 Å². The van der Waals surface area contributed by atoms with Crippen molar-refractivity contribution in [3.63, 3.8) is 0 Å². The van der Waals surface area contributed by atoms with Gasteiger partial charge in [-0.3, -0.25) is 0 Å². The second kappa shape index (κ2) is 5.23. The second-order valence-electron chi connectivity index (χ2n) is 2.36. The van der Waals surface area contributed by atoms with Crippen molar-refractivity contribution in [3.05, 3.63) is 11.9 Å². The molecular formula is C6H10F3NO2S. The van der Waals surface area contributed by atoms with E-state index in [1.54, 1.807) is 0 Å². The van der Waals surface area contributed by atoms with Crippen LogP contribution < -0.4 is 5.73 Å². The Morgan fingerprint density at radius 2 is 1.69 bits per heavy atom. The van der Waals surface area contributed by atoms with Crippen molar-refractivity contribution < 1.29 is 21.6 Å². The van der Waals surface area contributed by atoms with Crippen LogP contribution in [0.5, 0.6) is 0 Å². The van der Waals surface area contributed by atoms with Gasteiger partial charge in [0.2, 0.25) is 0 Å². The average molecular weight is 217 g/mol. The summed E-state index contributed by atoms with van der Waals surface area (Å²) in [6, 6.07) is 0. The lowest BCUT2D eigenvalue weighted by Gasteiger charge is -1.99. The summed E-state index contributed by atoms with van der Waals surface area (Å²) < 4.78 is 56.8. The Hall–Kier alpha value is -0.560. The highest BCUT2D eigenvalue weighted by Gasteiger charge is 2.13. The van der Waals surface area contributed by atoms with Crippen molar-refractivity contribution in [2.24, 2.45) is 5.73 Å². The molecule has 0 fully saturated rings. The van der Waals surface area contributed by atoms with E-state index in [1.165, 1.54) is 0 Å². The molecule has 7 heteroatoms. The fraction of sp³-hybridized carbons (Fsp3) is 0.667. The van der Waals surface area contributed by atoms with E-state index >= 15 is 0 Å². The standard InChI is InChI=1S/C6H10F3NO2S/c7-5(6(8)9)1-3-13(11,12)4-2-10/h1-4,10H2. The molecule has 3 nitrogen and oxygen atoms in total. The van der Waals surface area contributed by atoms with E-state index in [0.717, 1.165) is 0 Å². The van der Waals surface area contributed by atoms with Gasteiger partial charge in [-0.15, -0.1) is 0 Å². The Morgan fingerprint density at radius 3 is 2.08 bits per heavy atom. The van der Waals surface area contributed by atoms with Crippen LogP contribution in [0.25, 0.3) is 0 Å². The summed E-state index contributed by atoms with van der Waals surface area (Å²) in [6.07, 6.45) is -3.26. The Bertz CT molecular complexity index is 282. The maximum atomic E-state index is 12.1. The first-order valence-corrected chi connectivity index (χ1v) is 5.31. The van der Waals surface area contributed by atoms with E-state index in [4.69, 9.17) is 5.73 Å². The second-order valence-corrected chi connectivity index (χ2v) is 4.66. The summed E-state index contributed by atoms with van der Waals surface area (Å²) in [7, 11) is -3.49. The summed E-state index contributed by atoms with van der Waals surface area (Å²) in [5.41, 5.74) is 4.95. The number of rotatable bonds is 5. The van der Waals surface area contributed by atoms with E-state index in [0.29, 0.717) is 0 Å². The van der Waals surface area contributed by atoms with Crippen molar-refractivity contribution in [1.29, 1.82) is 0 Å². The molecule has 0 saturated heterocycles. The van der Waals surface area contributed by atoms with Crippen molar-refractivity contribution in [2.75, 3.05) is 18.1 Å². The molecule has 0 aromatic heterocycles.